The SMILES string of the molecule is COc1ccc(NC(=O)C[NH+](C)CCC(=O)Nc2ccc(N3CCCC3=O)cc2)cc1. The van der Waals surface area contributed by atoms with Gasteiger partial charge in [-0.1, -0.05) is 0 Å². The molecule has 2 aromatic rings. The highest BCUT2D eigenvalue weighted by atomic mass is 16.5. The predicted octanol–water partition coefficient (Wildman–Crippen LogP) is 1.30. The zero-order valence-electron chi connectivity index (χ0n) is 17.9. The van der Waals surface area contributed by atoms with Crippen molar-refractivity contribution in [1.29, 1.82) is 0 Å². The van der Waals surface area contributed by atoms with Gasteiger partial charge in [-0.05, 0) is 55.0 Å². The number of benzene rings is 2. The molecule has 164 valence electrons. The first-order valence-electron chi connectivity index (χ1n) is 10.4. The molecule has 0 aromatic heterocycles. The zero-order chi connectivity index (χ0) is 22.2. The Kier molecular flexibility index (Phi) is 7.61. The molecule has 3 amide bonds. The molecule has 0 aliphatic carbocycles. The van der Waals surface area contributed by atoms with Crippen LogP contribution in [0, 0.1) is 0 Å². The summed E-state index contributed by atoms with van der Waals surface area (Å²) in [5, 5.41) is 5.70. The smallest absolute Gasteiger partial charge is 0.279 e. The van der Waals surface area contributed by atoms with Crippen LogP contribution in [0.1, 0.15) is 19.3 Å². The van der Waals surface area contributed by atoms with E-state index < -0.39 is 0 Å². The highest BCUT2D eigenvalue weighted by molar-refractivity contribution is 5.96. The number of methoxy groups -OCH3 is 1. The molecule has 1 fully saturated rings. The number of carbonyl (C=O) groups is 3. The number of likely N-dealkylation sites (N-methyl/N-ethyl adjacent to an activating group) is 1. The van der Waals surface area contributed by atoms with Crippen molar-refractivity contribution in [3.8, 4) is 5.75 Å². The van der Waals surface area contributed by atoms with Gasteiger partial charge in [0.1, 0.15) is 5.75 Å². The lowest BCUT2D eigenvalue weighted by atomic mass is 10.2. The molecule has 1 atom stereocenters. The quantitative estimate of drug-likeness (QED) is 0.565. The van der Waals surface area contributed by atoms with E-state index in [0.29, 0.717) is 30.8 Å². The summed E-state index contributed by atoms with van der Waals surface area (Å²) in [7, 11) is 3.47. The molecule has 8 heteroatoms. The zero-order valence-corrected chi connectivity index (χ0v) is 17.9. The first-order chi connectivity index (χ1) is 14.9. The lowest BCUT2D eigenvalue weighted by Crippen LogP contribution is -3.10. The largest absolute Gasteiger partial charge is 0.497 e. The van der Waals surface area contributed by atoms with Gasteiger partial charge < -0.3 is 25.2 Å². The van der Waals surface area contributed by atoms with Gasteiger partial charge in [-0.25, -0.2) is 0 Å². The Labute approximate surface area is 182 Å². The molecule has 0 bridgehead atoms. The van der Waals surface area contributed by atoms with E-state index in [1.807, 2.05) is 19.2 Å². The van der Waals surface area contributed by atoms with Gasteiger partial charge in [0.15, 0.2) is 6.54 Å². The highest BCUT2D eigenvalue weighted by Crippen LogP contribution is 2.23. The molecule has 0 saturated carbocycles. The van der Waals surface area contributed by atoms with Gasteiger partial charge in [0, 0.05) is 30.0 Å². The molecule has 0 spiro atoms. The number of nitrogens with zero attached hydrogens (tertiary/aromatic N) is 1. The van der Waals surface area contributed by atoms with Crippen molar-refractivity contribution in [2.45, 2.75) is 19.3 Å². The minimum atomic E-state index is -0.116. The average molecular weight is 426 g/mol. The number of carbonyl (C=O) groups excluding carboxylic acids is 3. The van der Waals surface area contributed by atoms with Crippen molar-refractivity contribution < 1.29 is 24.0 Å². The lowest BCUT2D eigenvalue weighted by Gasteiger charge is -2.16. The molecule has 3 N–H and O–H groups in total. The Bertz CT molecular complexity index is 912. The molecule has 2 aromatic carbocycles. The Balaban J connectivity index is 1.39. The van der Waals surface area contributed by atoms with E-state index in [0.717, 1.165) is 29.3 Å². The summed E-state index contributed by atoms with van der Waals surface area (Å²) in [6.45, 7) is 1.53. The van der Waals surface area contributed by atoms with Crippen LogP contribution in [-0.4, -0.2) is 51.5 Å². The Morgan fingerprint density at radius 3 is 2.19 bits per heavy atom. The molecular formula is C23H29N4O4+. The standard InChI is InChI=1S/C23H28N4O4/c1-26(16-22(29)25-18-7-11-20(31-2)12-8-18)15-13-21(28)24-17-5-9-19(10-6-17)27-14-3-4-23(27)30/h5-12H,3-4,13-16H2,1-2H3,(H,24,28)(H,25,29)/p+1. The van der Waals surface area contributed by atoms with Crippen LogP contribution in [-0.2, 0) is 14.4 Å². The minimum absolute atomic E-state index is 0.111. The highest BCUT2D eigenvalue weighted by Gasteiger charge is 2.21. The van der Waals surface area contributed by atoms with E-state index >= 15 is 0 Å². The number of ether oxygens (including phenoxy) is 1. The fourth-order valence-corrected chi connectivity index (χ4v) is 3.44. The monoisotopic (exact) mass is 425 g/mol. The third-order valence-electron chi connectivity index (χ3n) is 5.15. The number of amides is 3. The third kappa shape index (κ3) is 6.55. The first-order valence-corrected chi connectivity index (χ1v) is 10.4. The number of hydrogen-bond donors (Lipinski definition) is 3. The molecule has 0 radical (unpaired) electrons. The summed E-state index contributed by atoms with van der Waals surface area (Å²) in [6, 6.07) is 14.4. The van der Waals surface area contributed by atoms with Crippen molar-refractivity contribution in [3.63, 3.8) is 0 Å². The molecule has 1 aliphatic heterocycles. The molecule has 1 unspecified atom stereocenters. The van der Waals surface area contributed by atoms with Gasteiger partial charge in [-0.3, -0.25) is 14.4 Å². The summed E-state index contributed by atoms with van der Waals surface area (Å²) in [5.41, 5.74) is 2.25. The van der Waals surface area contributed by atoms with Crippen LogP contribution in [0.2, 0.25) is 0 Å². The number of nitrogens with one attached hydrogen (secondary N) is 3. The predicted molar refractivity (Wildman–Crippen MR) is 120 cm³/mol. The van der Waals surface area contributed by atoms with Gasteiger partial charge in [0.25, 0.3) is 5.91 Å². The topological polar surface area (TPSA) is 92.2 Å². The van der Waals surface area contributed by atoms with Gasteiger partial charge >= 0.3 is 0 Å². The fourth-order valence-electron chi connectivity index (χ4n) is 3.44. The molecule has 1 aliphatic rings. The van der Waals surface area contributed by atoms with E-state index in [1.165, 1.54) is 0 Å². The van der Waals surface area contributed by atoms with Crippen LogP contribution in [0.4, 0.5) is 17.1 Å². The number of quaternary nitrogens is 1. The molecule has 31 heavy (non-hydrogen) atoms. The van der Waals surface area contributed by atoms with Crippen molar-refractivity contribution in [2.24, 2.45) is 0 Å². The Morgan fingerprint density at radius 1 is 1.00 bits per heavy atom. The van der Waals surface area contributed by atoms with Crippen LogP contribution in [0.5, 0.6) is 5.75 Å². The summed E-state index contributed by atoms with van der Waals surface area (Å²) in [6.07, 6.45) is 1.77. The van der Waals surface area contributed by atoms with Crippen LogP contribution in [0.25, 0.3) is 0 Å². The maximum absolute atomic E-state index is 12.2. The second-order valence-electron chi connectivity index (χ2n) is 7.65. The molecule has 8 nitrogen and oxygen atoms in total. The summed E-state index contributed by atoms with van der Waals surface area (Å²) in [4.78, 5) is 38.9. The Morgan fingerprint density at radius 2 is 1.61 bits per heavy atom. The Hall–Kier alpha value is -3.39. The lowest BCUT2D eigenvalue weighted by molar-refractivity contribution is -0.870. The first kappa shape index (κ1) is 22.3. The normalized spacial score (nSPS) is 14.3. The number of rotatable bonds is 9. The fraction of sp³-hybridized carbons (Fsp3) is 0.348. The van der Waals surface area contributed by atoms with E-state index in [2.05, 4.69) is 10.6 Å². The summed E-state index contributed by atoms with van der Waals surface area (Å²) < 4.78 is 5.10. The average Bonchev–Trinajstić information content (AvgIpc) is 3.19. The van der Waals surface area contributed by atoms with Crippen molar-refractivity contribution >= 4 is 34.8 Å². The van der Waals surface area contributed by atoms with Crippen LogP contribution < -0.4 is 25.2 Å². The molecule has 1 heterocycles. The second kappa shape index (κ2) is 10.6. The van der Waals surface area contributed by atoms with Gasteiger partial charge in [-0.2, -0.15) is 0 Å². The summed E-state index contributed by atoms with van der Waals surface area (Å²) >= 11 is 0. The van der Waals surface area contributed by atoms with Gasteiger partial charge in [-0.15, -0.1) is 0 Å². The van der Waals surface area contributed by atoms with E-state index in [-0.39, 0.29) is 24.3 Å². The molecule has 3 rings (SSSR count). The molecule has 1 saturated heterocycles. The number of hydrogen-bond acceptors (Lipinski definition) is 4. The van der Waals surface area contributed by atoms with Crippen LogP contribution >= 0.6 is 0 Å². The maximum Gasteiger partial charge on any atom is 0.279 e. The third-order valence-corrected chi connectivity index (χ3v) is 5.15. The minimum Gasteiger partial charge on any atom is -0.497 e. The van der Waals surface area contributed by atoms with E-state index in [1.54, 1.807) is 48.4 Å². The van der Waals surface area contributed by atoms with E-state index in [9.17, 15) is 14.4 Å². The number of anilines is 3. The molecular weight excluding hydrogens is 396 g/mol. The van der Waals surface area contributed by atoms with Crippen LogP contribution in [0.3, 0.4) is 0 Å². The van der Waals surface area contributed by atoms with Crippen molar-refractivity contribution in [1.82, 2.24) is 0 Å². The van der Waals surface area contributed by atoms with Crippen molar-refractivity contribution in [2.75, 3.05) is 49.3 Å². The van der Waals surface area contributed by atoms with Gasteiger partial charge in [0.2, 0.25) is 11.8 Å². The van der Waals surface area contributed by atoms with E-state index in [4.69, 9.17) is 4.74 Å². The maximum atomic E-state index is 12.2. The van der Waals surface area contributed by atoms with Crippen molar-refractivity contribution in [3.05, 3.63) is 48.5 Å². The van der Waals surface area contributed by atoms with Gasteiger partial charge in [0.05, 0.1) is 27.1 Å². The second-order valence-corrected chi connectivity index (χ2v) is 7.65. The van der Waals surface area contributed by atoms with Crippen LogP contribution in [0.15, 0.2) is 48.5 Å². The summed E-state index contributed by atoms with van der Waals surface area (Å²) in [5.74, 6) is 0.639.